The number of allylic oxidation sites excluding steroid dienone is 4. The molecule has 6 atom stereocenters. The van der Waals surface area contributed by atoms with Gasteiger partial charge >= 0.3 is 11.9 Å². The lowest BCUT2D eigenvalue weighted by atomic mass is 9.83. The SMILES string of the molecule is C/C=C\C=C/C=NCC(C)C(C)COC(=O)C(C)(Br)CC(C)(C)C(=O)OCC(C)C(C)COc1ccc(C(C)(O)c2ccccc2)cc1. The van der Waals surface area contributed by atoms with Crippen molar-refractivity contribution in [2.24, 2.45) is 34.1 Å². The number of alkyl halides is 1. The highest BCUT2D eigenvalue weighted by Crippen LogP contribution is 2.36. The molecule has 7 nitrogen and oxygen atoms in total. The minimum atomic E-state index is -1.11. The minimum absolute atomic E-state index is 0.0418. The minimum Gasteiger partial charge on any atom is -0.493 e. The fourth-order valence-electron chi connectivity index (χ4n) is 4.95. The average molecular weight is 727 g/mol. The highest BCUT2D eigenvalue weighted by atomic mass is 79.9. The van der Waals surface area contributed by atoms with Crippen molar-refractivity contribution in [3.8, 4) is 5.75 Å². The molecule has 264 valence electrons. The van der Waals surface area contributed by atoms with Crippen molar-refractivity contribution in [1.29, 1.82) is 0 Å². The third kappa shape index (κ3) is 13.0. The van der Waals surface area contributed by atoms with Gasteiger partial charge in [0.05, 0.1) is 25.2 Å². The number of ether oxygens (including phenoxy) is 3. The quantitative estimate of drug-likeness (QED) is 0.0674. The van der Waals surface area contributed by atoms with Crippen LogP contribution in [0.25, 0.3) is 0 Å². The van der Waals surface area contributed by atoms with Crippen LogP contribution in [0.1, 0.15) is 79.9 Å². The first-order valence-corrected chi connectivity index (χ1v) is 17.6. The molecule has 0 radical (unpaired) electrons. The van der Waals surface area contributed by atoms with Crippen LogP contribution in [0.15, 0.2) is 83.9 Å². The summed E-state index contributed by atoms with van der Waals surface area (Å²) in [5.41, 5.74) is -0.434. The Hall–Kier alpha value is -3.23. The number of benzene rings is 2. The van der Waals surface area contributed by atoms with E-state index >= 15 is 0 Å². The second-order valence-corrected chi connectivity index (χ2v) is 15.8. The standard InChI is InChI=1S/C40H56BrNO6/c1-10-11-12-16-23-42-24-29(2)30(3)26-48-37(44)39(8,41)28-38(6,7)36(43)47-27-32(5)31(4)25-46-35-21-19-34(20-22-35)40(9,45)33-17-14-13-15-18-33/h10-23,29-32,45H,24-28H2,1-9H3/b11-10-,16-12-,42-23?. The van der Waals surface area contributed by atoms with Crippen molar-refractivity contribution in [3.63, 3.8) is 0 Å². The van der Waals surface area contributed by atoms with Crippen LogP contribution >= 0.6 is 15.9 Å². The number of halogens is 1. The molecule has 2 aromatic rings. The molecule has 0 bridgehead atoms. The lowest BCUT2D eigenvalue weighted by Gasteiger charge is -2.31. The topological polar surface area (TPSA) is 94.4 Å². The Morgan fingerprint density at radius 2 is 1.31 bits per heavy atom. The lowest BCUT2D eigenvalue weighted by molar-refractivity contribution is -0.158. The number of aliphatic hydroxyl groups is 1. The van der Waals surface area contributed by atoms with Crippen LogP contribution in [0.3, 0.4) is 0 Å². The van der Waals surface area contributed by atoms with Gasteiger partial charge in [0.1, 0.15) is 15.7 Å². The molecular formula is C40H56BrNO6. The number of hydrogen-bond donors (Lipinski definition) is 1. The average Bonchev–Trinajstić information content (AvgIpc) is 3.06. The van der Waals surface area contributed by atoms with Crippen molar-refractivity contribution >= 4 is 34.1 Å². The van der Waals surface area contributed by atoms with Gasteiger partial charge in [-0.3, -0.25) is 14.6 Å². The number of carbonyl (C=O) groups is 2. The summed E-state index contributed by atoms with van der Waals surface area (Å²) >= 11 is 3.53. The van der Waals surface area contributed by atoms with Crippen molar-refractivity contribution in [2.75, 3.05) is 26.4 Å². The number of hydrogen-bond acceptors (Lipinski definition) is 7. The number of esters is 2. The van der Waals surface area contributed by atoms with Crippen LogP contribution in [0.2, 0.25) is 0 Å². The van der Waals surface area contributed by atoms with Gasteiger partial charge in [-0.15, -0.1) is 0 Å². The maximum Gasteiger partial charge on any atom is 0.322 e. The van der Waals surface area contributed by atoms with E-state index in [9.17, 15) is 14.7 Å². The molecule has 0 spiro atoms. The molecule has 48 heavy (non-hydrogen) atoms. The fraction of sp³-hybridized carbons (Fsp3) is 0.525. The molecule has 0 aliphatic rings. The van der Waals surface area contributed by atoms with Gasteiger partial charge < -0.3 is 19.3 Å². The van der Waals surface area contributed by atoms with Gasteiger partial charge in [0.25, 0.3) is 0 Å². The van der Waals surface area contributed by atoms with Crippen LogP contribution in [0.4, 0.5) is 0 Å². The van der Waals surface area contributed by atoms with Crippen molar-refractivity contribution in [3.05, 3.63) is 90.0 Å². The Kier molecular flexibility index (Phi) is 16.3. The summed E-state index contributed by atoms with van der Waals surface area (Å²) in [4.78, 5) is 30.6. The van der Waals surface area contributed by atoms with Gasteiger partial charge in [0.2, 0.25) is 0 Å². The molecule has 6 unspecified atom stereocenters. The van der Waals surface area contributed by atoms with Crippen molar-refractivity contribution < 1.29 is 28.9 Å². The van der Waals surface area contributed by atoms with E-state index in [2.05, 4.69) is 34.8 Å². The molecule has 0 aromatic heterocycles. The second kappa shape index (κ2) is 19.1. The van der Waals surface area contributed by atoms with Gasteiger partial charge in [0.15, 0.2) is 0 Å². The molecule has 2 aromatic carbocycles. The summed E-state index contributed by atoms with van der Waals surface area (Å²) in [6.45, 7) is 18.8. The van der Waals surface area contributed by atoms with Crippen LogP contribution < -0.4 is 4.74 Å². The summed E-state index contributed by atoms with van der Waals surface area (Å²) in [5, 5.41) is 11.1. The van der Waals surface area contributed by atoms with E-state index in [1.54, 1.807) is 33.9 Å². The zero-order chi connectivity index (χ0) is 36.0. The fourth-order valence-corrected chi connectivity index (χ4v) is 5.77. The molecule has 1 N–H and O–H groups in total. The van der Waals surface area contributed by atoms with Gasteiger partial charge in [-0.2, -0.15) is 0 Å². The Labute approximate surface area is 297 Å². The third-order valence-electron chi connectivity index (χ3n) is 8.91. The second-order valence-electron chi connectivity index (χ2n) is 14.1. The lowest BCUT2D eigenvalue weighted by Crippen LogP contribution is -2.40. The maximum atomic E-state index is 13.2. The van der Waals surface area contributed by atoms with Crippen LogP contribution in [-0.4, -0.2) is 53.9 Å². The van der Waals surface area contributed by atoms with E-state index < -0.39 is 21.3 Å². The first kappa shape index (κ1) is 40.9. The van der Waals surface area contributed by atoms with Gasteiger partial charge in [-0.05, 0) is 94.0 Å². The molecule has 0 fully saturated rings. The summed E-state index contributed by atoms with van der Waals surface area (Å²) in [7, 11) is 0. The smallest absolute Gasteiger partial charge is 0.322 e. The third-order valence-corrected chi connectivity index (χ3v) is 9.52. The molecule has 0 aliphatic heterocycles. The number of nitrogens with zero attached hydrogens (tertiary/aromatic N) is 1. The van der Waals surface area contributed by atoms with Crippen LogP contribution in [0, 0.1) is 29.1 Å². The van der Waals surface area contributed by atoms with Gasteiger partial charge in [0, 0.05) is 12.8 Å². The molecular weight excluding hydrogens is 670 g/mol. The highest BCUT2D eigenvalue weighted by Gasteiger charge is 2.43. The molecule has 8 heteroatoms. The van der Waals surface area contributed by atoms with E-state index in [1.165, 1.54) is 0 Å². The molecule has 0 aliphatic carbocycles. The van der Waals surface area contributed by atoms with E-state index in [-0.39, 0.29) is 49.3 Å². The molecule has 0 heterocycles. The van der Waals surface area contributed by atoms with Gasteiger partial charge in [-0.25, -0.2) is 0 Å². The summed E-state index contributed by atoms with van der Waals surface area (Å²) in [5.74, 6) is 0.425. The first-order chi connectivity index (χ1) is 22.5. The van der Waals surface area contributed by atoms with Crippen molar-refractivity contribution in [1.82, 2.24) is 0 Å². The monoisotopic (exact) mass is 725 g/mol. The maximum absolute atomic E-state index is 13.2. The van der Waals surface area contributed by atoms with E-state index in [0.29, 0.717) is 18.9 Å². The summed E-state index contributed by atoms with van der Waals surface area (Å²) in [6.07, 6.45) is 9.70. The molecule has 0 saturated heterocycles. The molecule has 2 rings (SSSR count). The van der Waals surface area contributed by atoms with Crippen molar-refractivity contribution in [2.45, 2.75) is 78.7 Å². The first-order valence-electron chi connectivity index (χ1n) is 16.8. The van der Waals surface area contributed by atoms with Crippen LogP contribution in [-0.2, 0) is 24.7 Å². The van der Waals surface area contributed by atoms with Crippen LogP contribution in [0.5, 0.6) is 5.75 Å². The molecule has 0 saturated carbocycles. The largest absolute Gasteiger partial charge is 0.493 e. The summed E-state index contributed by atoms with van der Waals surface area (Å²) < 4.78 is 16.4. The number of carbonyl (C=O) groups excluding carboxylic acids is 2. The predicted octanol–water partition coefficient (Wildman–Crippen LogP) is 8.73. The Balaban J connectivity index is 1.80. The zero-order valence-corrected chi connectivity index (χ0v) is 31.8. The number of rotatable bonds is 19. The number of aliphatic imine (C=N–C) groups is 1. The predicted molar refractivity (Wildman–Crippen MR) is 199 cm³/mol. The Bertz CT molecular complexity index is 1360. The zero-order valence-electron chi connectivity index (χ0n) is 30.2. The van der Waals surface area contributed by atoms with E-state index in [0.717, 1.165) is 11.1 Å². The highest BCUT2D eigenvalue weighted by molar-refractivity contribution is 9.10. The normalized spacial score (nSPS) is 17.4. The Morgan fingerprint density at radius 3 is 1.92 bits per heavy atom. The van der Waals surface area contributed by atoms with E-state index in [1.807, 2.05) is 99.7 Å². The molecule has 0 amide bonds. The Morgan fingerprint density at radius 1 is 0.771 bits per heavy atom. The van der Waals surface area contributed by atoms with E-state index in [4.69, 9.17) is 14.2 Å². The summed E-state index contributed by atoms with van der Waals surface area (Å²) in [6, 6.07) is 17.0. The van der Waals surface area contributed by atoms with Gasteiger partial charge in [-0.1, -0.05) is 104 Å².